The van der Waals surface area contributed by atoms with Gasteiger partial charge in [-0.2, -0.15) is 0 Å². The Labute approximate surface area is 93.1 Å². The van der Waals surface area contributed by atoms with Crippen LogP contribution in [0.25, 0.3) is 22.6 Å². The lowest BCUT2D eigenvalue weighted by atomic mass is 10.0. The molecule has 16 heavy (non-hydrogen) atoms. The fourth-order valence-corrected chi connectivity index (χ4v) is 1.78. The Hall–Kier alpha value is -2.22. The normalized spacial score (nSPS) is 10.5. The highest BCUT2D eigenvalue weighted by molar-refractivity contribution is 5.78. The van der Waals surface area contributed by atoms with Gasteiger partial charge >= 0.3 is 0 Å². The van der Waals surface area contributed by atoms with Crippen LogP contribution >= 0.6 is 0 Å². The molecular weight excluding hydrogens is 200 g/mol. The first-order chi connectivity index (χ1) is 7.95. The van der Waals surface area contributed by atoms with E-state index in [1.165, 1.54) is 0 Å². The van der Waals surface area contributed by atoms with E-state index >= 15 is 0 Å². The van der Waals surface area contributed by atoms with Gasteiger partial charge in [-0.15, -0.1) is 0 Å². The van der Waals surface area contributed by atoms with E-state index in [-0.39, 0.29) is 0 Å². The highest BCUT2D eigenvalue weighted by atomic mass is 16.3. The van der Waals surface area contributed by atoms with Crippen LogP contribution in [0.4, 0.5) is 0 Å². The first-order valence-electron chi connectivity index (χ1n) is 5.12. The van der Waals surface area contributed by atoms with Crippen LogP contribution in [0.15, 0.2) is 69.9 Å². The lowest BCUT2D eigenvalue weighted by Gasteiger charge is -2.03. The van der Waals surface area contributed by atoms with Gasteiger partial charge in [0.25, 0.3) is 0 Å². The van der Waals surface area contributed by atoms with Crippen LogP contribution in [0.1, 0.15) is 0 Å². The molecular formula is C14H10O2. The van der Waals surface area contributed by atoms with E-state index in [1.807, 2.05) is 48.5 Å². The molecule has 2 heteroatoms. The molecule has 3 rings (SSSR count). The van der Waals surface area contributed by atoms with Crippen molar-refractivity contribution in [2.24, 2.45) is 0 Å². The predicted molar refractivity (Wildman–Crippen MR) is 61.8 cm³/mol. The molecule has 0 aliphatic rings. The zero-order valence-electron chi connectivity index (χ0n) is 8.59. The third-order valence-corrected chi connectivity index (χ3v) is 2.50. The van der Waals surface area contributed by atoms with Crippen LogP contribution in [0, 0.1) is 0 Å². The van der Waals surface area contributed by atoms with Crippen molar-refractivity contribution in [2.75, 3.05) is 0 Å². The topological polar surface area (TPSA) is 26.3 Å². The minimum Gasteiger partial charge on any atom is -0.464 e. The van der Waals surface area contributed by atoms with E-state index in [2.05, 4.69) is 0 Å². The fraction of sp³-hybridized carbons (Fsp3) is 0. The number of hydrogen-bond acceptors (Lipinski definition) is 2. The SMILES string of the molecule is c1coc(-c2ccccc2-c2ccco2)c1. The van der Waals surface area contributed by atoms with Gasteiger partial charge in [0.2, 0.25) is 0 Å². The first-order valence-corrected chi connectivity index (χ1v) is 5.12. The van der Waals surface area contributed by atoms with Gasteiger partial charge < -0.3 is 8.83 Å². The molecule has 3 aromatic rings. The Morgan fingerprint density at radius 2 is 1.06 bits per heavy atom. The van der Waals surface area contributed by atoms with Crippen molar-refractivity contribution in [3.8, 4) is 22.6 Å². The summed E-state index contributed by atoms with van der Waals surface area (Å²) in [5, 5.41) is 0. The minimum atomic E-state index is 0.854. The second-order valence-electron chi connectivity index (χ2n) is 3.50. The average Bonchev–Trinajstić information content (AvgIpc) is 3.03. The highest BCUT2D eigenvalue weighted by Gasteiger charge is 2.10. The van der Waals surface area contributed by atoms with Gasteiger partial charge in [-0.3, -0.25) is 0 Å². The van der Waals surface area contributed by atoms with Crippen molar-refractivity contribution >= 4 is 0 Å². The van der Waals surface area contributed by atoms with Gasteiger partial charge in [-0.05, 0) is 24.3 Å². The maximum atomic E-state index is 5.42. The molecule has 0 bridgehead atoms. The van der Waals surface area contributed by atoms with Crippen molar-refractivity contribution in [1.82, 2.24) is 0 Å². The summed E-state index contributed by atoms with van der Waals surface area (Å²) in [6.07, 6.45) is 3.35. The quantitative estimate of drug-likeness (QED) is 0.633. The van der Waals surface area contributed by atoms with Gasteiger partial charge in [0.1, 0.15) is 11.5 Å². The molecule has 0 radical (unpaired) electrons. The van der Waals surface area contributed by atoms with Crippen LogP contribution in [0.2, 0.25) is 0 Å². The number of rotatable bonds is 2. The number of hydrogen-bond donors (Lipinski definition) is 0. The molecule has 0 spiro atoms. The smallest absolute Gasteiger partial charge is 0.134 e. The van der Waals surface area contributed by atoms with Gasteiger partial charge in [-0.25, -0.2) is 0 Å². The van der Waals surface area contributed by atoms with Crippen LogP contribution in [-0.2, 0) is 0 Å². The summed E-state index contributed by atoms with van der Waals surface area (Å²) in [4.78, 5) is 0. The molecule has 1 aromatic carbocycles. The van der Waals surface area contributed by atoms with Crippen molar-refractivity contribution in [3.05, 3.63) is 61.1 Å². The van der Waals surface area contributed by atoms with E-state index in [0.717, 1.165) is 22.6 Å². The lowest BCUT2D eigenvalue weighted by Crippen LogP contribution is -1.80. The molecule has 2 aromatic heterocycles. The second-order valence-corrected chi connectivity index (χ2v) is 3.50. The Morgan fingerprint density at radius 1 is 0.562 bits per heavy atom. The molecule has 2 heterocycles. The third kappa shape index (κ3) is 1.44. The maximum absolute atomic E-state index is 5.42. The van der Waals surface area contributed by atoms with Crippen LogP contribution in [0.3, 0.4) is 0 Å². The number of furan rings is 2. The minimum absolute atomic E-state index is 0.854. The van der Waals surface area contributed by atoms with E-state index < -0.39 is 0 Å². The summed E-state index contributed by atoms with van der Waals surface area (Å²) in [6, 6.07) is 15.7. The molecule has 0 aliphatic heterocycles. The molecule has 0 fully saturated rings. The van der Waals surface area contributed by atoms with E-state index in [9.17, 15) is 0 Å². The average molecular weight is 210 g/mol. The van der Waals surface area contributed by atoms with Gasteiger partial charge in [0.15, 0.2) is 0 Å². The third-order valence-electron chi connectivity index (χ3n) is 2.50. The Morgan fingerprint density at radius 3 is 1.44 bits per heavy atom. The second kappa shape index (κ2) is 3.74. The monoisotopic (exact) mass is 210 g/mol. The maximum Gasteiger partial charge on any atom is 0.134 e. The Balaban J connectivity index is 2.19. The molecule has 0 saturated carbocycles. The van der Waals surface area contributed by atoms with Crippen LogP contribution in [0.5, 0.6) is 0 Å². The van der Waals surface area contributed by atoms with Crippen LogP contribution < -0.4 is 0 Å². The Bertz CT molecular complexity index is 509. The highest BCUT2D eigenvalue weighted by Crippen LogP contribution is 2.32. The molecule has 0 atom stereocenters. The summed E-state index contributed by atoms with van der Waals surface area (Å²) in [6.45, 7) is 0. The zero-order chi connectivity index (χ0) is 10.8. The molecule has 0 aliphatic carbocycles. The summed E-state index contributed by atoms with van der Waals surface area (Å²) in [7, 11) is 0. The van der Waals surface area contributed by atoms with Crippen molar-refractivity contribution in [1.29, 1.82) is 0 Å². The van der Waals surface area contributed by atoms with E-state index in [4.69, 9.17) is 8.83 Å². The van der Waals surface area contributed by atoms with E-state index in [0.29, 0.717) is 0 Å². The van der Waals surface area contributed by atoms with Crippen molar-refractivity contribution in [3.63, 3.8) is 0 Å². The van der Waals surface area contributed by atoms with Gasteiger partial charge in [0, 0.05) is 11.1 Å². The van der Waals surface area contributed by atoms with Crippen LogP contribution in [-0.4, -0.2) is 0 Å². The fourth-order valence-electron chi connectivity index (χ4n) is 1.78. The number of benzene rings is 1. The lowest BCUT2D eigenvalue weighted by molar-refractivity contribution is 0.575. The molecule has 0 unspecified atom stereocenters. The van der Waals surface area contributed by atoms with Gasteiger partial charge in [0.05, 0.1) is 12.5 Å². The van der Waals surface area contributed by atoms with Gasteiger partial charge in [-0.1, -0.05) is 24.3 Å². The summed E-state index contributed by atoms with van der Waals surface area (Å²) < 4.78 is 10.8. The molecule has 0 N–H and O–H groups in total. The standard InChI is InChI=1S/C14H10O2/c1-2-6-12(14-8-4-10-16-14)11(5-1)13-7-3-9-15-13/h1-10H. The molecule has 78 valence electrons. The zero-order valence-corrected chi connectivity index (χ0v) is 8.59. The van der Waals surface area contributed by atoms with Crippen molar-refractivity contribution < 1.29 is 8.83 Å². The largest absolute Gasteiger partial charge is 0.464 e. The Kier molecular flexibility index (Phi) is 2.11. The summed E-state index contributed by atoms with van der Waals surface area (Å²) in [5.74, 6) is 1.71. The molecule has 0 saturated heterocycles. The van der Waals surface area contributed by atoms with E-state index in [1.54, 1.807) is 12.5 Å². The first kappa shape index (κ1) is 9.04. The summed E-state index contributed by atoms with van der Waals surface area (Å²) in [5.41, 5.74) is 2.09. The predicted octanol–water partition coefficient (Wildman–Crippen LogP) is 4.21. The molecule has 2 nitrogen and oxygen atoms in total. The van der Waals surface area contributed by atoms with Crippen molar-refractivity contribution in [2.45, 2.75) is 0 Å². The molecule has 0 amide bonds. The summed E-state index contributed by atoms with van der Waals surface area (Å²) >= 11 is 0.